The number of H-pyrrole nitrogens is 2. The van der Waals surface area contributed by atoms with E-state index < -0.39 is 0 Å². The van der Waals surface area contributed by atoms with Crippen molar-refractivity contribution in [3.63, 3.8) is 0 Å². The summed E-state index contributed by atoms with van der Waals surface area (Å²) in [6.07, 6.45) is 8.53. The van der Waals surface area contributed by atoms with E-state index in [9.17, 15) is 0 Å². The molecule has 72 heavy (non-hydrogen) atoms. The zero-order chi connectivity index (χ0) is 48.5. The highest BCUT2D eigenvalue weighted by Crippen LogP contribution is 2.46. The van der Waals surface area contributed by atoms with Crippen LogP contribution in [0.25, 0.3) is 134 Å². The van der Waals surface area contributed by atoms with Crippen LogP contribution in [0.5, 0.6) is 23.0 Å². The third-order valence-corrected chi connectivity index (χ3v) is 14.1. The summed E-state index contributed by atoms with van der Waals surface area (Å²) in [5, 5.41) is 9.07. The molecule has 0 saturated carbocycles. The third kappa shape index (κ3) is 7.06. The molecule has 8 heteroatoms. The maximum atomic E-state index is 5.88. The number of hydrogen-bond donors (Lipinski definition) is 2. The molecule has 0 atom stereocenters. The second-order valence-electron chi connectivity index (χ2n) is 18.1. The molecule has 13 rings (SSSR count). The fourth-order valence-corrected chi connectivity index (χ4v) is 10.8. The van der Waals surface area contributed by atoms with Crippen molar-refractivity contribution in [2.45, 2.75) is 0 Å². The van der Waals surface area contributed by atoms with Gasteiger partial charge in [-0.2, -0.15) is 0 Å². The van der Waals surface area contributed by atoms with Gasteiger partial charge in [-0.3, -0.25) is 0 Å². The molecule has 0 radical (unpaired) electrons. The summed E-state index contributed by atoms with van der Waals surface area (Å²) in [6.45, 7) is 0. The number of aromatic nitrogens is 4. The summed E-state index contributed by atoms with van der Waals surface area (Å²) in [7, 11) is 6.68. The van der Waals surface area contributed by atoms with Crippen LogP contribution in [0.15, 0.2) is 170 Å². The first-order valence-electron chi connectivity index (χ1n) is 23.9. The van der Waals surface area contributed by atoms with Crippen molar-refractivity contribution in [3.8, 4) is 67.5 Å². The Bertz CT molecular complexity index is 3870. The highest BCUT2D eigenvalue weighted by atomic mass is 16.5. The van der Waals surface area contributed by atoms with Gasteiger partial charge in [0.05, 0.1) is 51.2 Å². The van der Waals surface area contributed by atoms with Gasteiger partial charge in [-0.05, 0) is 139 Å². The minimum atomic E-state index is 0.659. The quantitative estimate of drug-likeness (QED) is 0.147. The molecular formula is C64H46N4O4. The van der Waals surface area contributed by atoms with Crippen molar-refractivity contribution >= 4 is 89.5 Å². The number of benzene rings is 8. The summed E-state index contributed by atoms with van der Waals surface area (Å²) in [5.74, 6) is 2.63. The van der Waals surface area contributed by atoms with E-state index >= 15 is 0 Å². The molecule has 2 aliphatic heterocycles. The van der Waals surface area contributed by atoms with Crippen LogP contribution in [-0.4, -0.2) is 48.4 Å². The maximum Gasteiger partial charge on any atom is 0.123 e. The number of hydrogen-bond acceptors (Lipinski definition) is 6. The van der Waals surface area contributed by atoms with E-state index in [2.05, 4.69) is 168 Å². The first kappa shape index (κ1) is 42.7. The van der Waals surface area contributed by atoms with Crippen LogP contribution < -0.4 is 18.9 Å². The van der Waals surface area contributed by atoms with Gasteiger partial charge in [0.2, 0.25) is 0 Å². The van der Waals surface area contributed by atoms with Crippen molar-refractivity contribution in [1.29, 1.82) is 0 Å². The van der Waals surface area contributed by atoms with Crippen LogP contribution in [0.3, 0.4) is 0 Å². The first-order valence-corrected chi connectivity index (χ1v) is 23.9. The predicted molar refractivity (Wildman–Crippen MR) is 297 cm³/mol. The second kappa shape index (κ2) is 17.2. The molecule has 2 aliphatic rings. The molecule has 11 aromatic rings. The first-order chi connectivity index (χ1) is 35.5. The normalized spacial score (nSPS) is 12.1. The van der Waals surface area contributed by atoms with E-state index in [4.69, 9.17) is 28.9 Å². The molecule has 0 amide bonds. The topological polar surface area (TPSA) is 94.3 Å². The Balaban J connectivity index is 1.26. The number of nitrogens with zero attached hydrogens (tertiary/aromatic N) is 2. The molecule has 5 heterocycles. The van der Waals surface area contributed by atoms with Gasteiger partial charge in [-0.25, -0.2) is 9.97 Å². The fourth-order valence-electron chi connectivity index (χ4n) is 10.8. The summed E-state index contributed by atoms with van der Waals surface area (Å²) in [4.78, 5) is 19.3. The Hall–Kier alpha value is -9.40. The lowest BCUT2D eigenvalue weighted by atomic mass is 9.91. The zero-order valence-electron chi connectivity index (χ0n) is 40.0. The molecule has 0 aliphatic carbocycles. The fraction of sp³-hybridized carbons (Fsp3) is 0.0625. The van der Waals surface area contributed by atoms with Crippen molar-refractivity contribution in [1.82, 2.24) is 19.9 Å². The summed E-state index contributed by atoms with van der Waals surface area (Å²) >= 11 is 0. The molecule has 8 nitrogen and oxygen atoms in total. The Morgan fingerprint density at radius 1 is 0.292 bits per heavy atom. The predicted octanol–water partition coefficient (Wildman–Crippen LogP) is 16.0. The summed E-state index contributed by atoms with van der Waals surface area (Å²) in [5.41, 5.74) is 14.3. The molecule has 0 unspecified atom stereocenters. The Morgan fingerprint density at radius 2 is 0.569 bits per heavy atom. The molecule has 0 saturated heterocycles. The van der Waals surface area contributed by atoms with Gasteiger partial charge >= 0.3 is 0 Å². The molecule has 3 aromatic heterocycles. The van der Waals surface area contributed by atoms with Gasteiger partial charge in [0, 0.05) is 67.6 Å². The average molecular weight is 935 g/mol. The van der Waals surface area contributed by atoms with Crippen LogP contribution in [0.1, 0.15) is 22.8 Å². The molecule has 0 fully saturated rings. The van der Waals surface area contributed by atoms with E-state index in [1.165, 1.54) is 0 Å². The van der Waals surface area contributed by atoms with E-state index in [-0.39, 0.29) is 0 Å². The van der Waals surface area contributed by atoms with Crippen LogP contribution >= 0.6 is 0 Å². The Labute approximate surface area is 415 Å². The molecule has 8 aromatic carbocycles. The minimum Gasteiger partial charge on any atom is -0.497 e. The van der Waals surface area contributed by atoms with Crippen molar-refractivity contribution in [3.05, 3.63) is 193 Å². The lowest BCUT2D eigenvalue weighted by Gasteiger charge is -2.14. The second-order valence-corrected chi connectivity index (χ2v) is 18.1. The molecule has 346 valence electrons. The molecule has 2 N–H and O–H groups in total. The smallest absolute Gasteiger partial charge is 0.123 e. The number of methoxy groups -OCH3 is 4. The largest absolute Gasteiger partial charge is 0.497 e. The third-order valence-electron chi connectivity index (χ3n) is 14.1. The van der Waals surface area contributed by atoms with Gasteiger partial charge in [0.15, 0.2) is 0 Å². The zero-order valence-corrected chi connectivity index (χ0v) is 40.0. The van der Waals surface area contributed by atoms with Gasteiger partial charge < -0.3 is 28.9 Å². The van der Waals surface area contributed by atoms with Gasteiger partial charge in [-0.1, -0.05) is 97.1 Å². The highest BCUT2D eigenvalue weighted by molar-refractivity contribution is 6.18. The number of nitrogens with one attached hydrogen (secondary N) is 2. The summed E-state index contributed by atoms with van der Waals surface area (Å²) in [6, 6.07) is 59.7. The van der Waals surface area contributed by atoms with E-state index in [1.54, 1.807) is 28.4 Å². The van der Waals surface area contributed by atoms with E-state index in [0.29, 0.717) is 23.0 Å². The Morgan fingerprint density at radius 3 is 0.875 bits per heavy atom. The standard InChI is InChI=1S/C64H46N4O4/c1-69-43-31-41(32-44(35-43)70-2)59-51-21-22-52(65-51)60(42-33-45(71-3)36-46(34-42)72-4)54-24-26-56(67-54)64(62-49-19-11-7-15-39(49)30-40-16-8-12-20-50(40)62)58-28-27-57(68-58)63(55-25-23-53(59)66-55)61-47-17-9-5-13-37(47)29-38-14-6-10-18-48(38)61/h5-36,66-67H,1-4H3. The summed E-state index contributed by atoms with van der Waals surface area (Å²) < 4.78 is 23.5. The van der Waals surface area contributed by atoms with Crippen LogP contribution in [0.4, 0.5) is 0 Å². The highest BCUT2D eigenvalue weighted by Gasteiger charge is 2.23. The van der Waals surface area contributed by atoms with Crippen LogP contribution in [0.2, 0.25) is 0 Å². The monoisotopic (exact) mass is 934 g/mol. The molecule has 0 spiro atoms. The van der Waals surface area contributed by atoms with Crippen LogP contribution in [-0.2, 0) is 0 Å². The van der Waals surface area contributed by atoms with E-state index in [0.717, 1.165) is 132 Å². The van der Waals surface area contributed by atoms with Crippen molar-refractivity contribution in [2.24, 2.45) is 0 Å². The maximum absolute atomic E-state index is 5.88. The minimum absolute atomic E-state index is 0.659. The van der Waals surface area contributed by atoms with Gasteiger partial charge in [0.25, 0.3) is 0 Å². The van der Waals surface area contributed by atoms with Gasteiger partial charge in [0.1, 0.15) is 23.0 Å². The van der Waals surface area contributed by atoms with E-state index in [1.807, 2.05) is 36.4 Å². The molecular weight excluding hydrogens is 889 g/mol. The number of ether oxygens (including phenoxy) is 4. The number of aromatic amines is 2. The lowest BCUT2D eigenvalue weighted by Crippen LogP contribution is -1.93. The van der Waals surface area contributed by atoms with Crippen molar-refractivity contribution in [2.75, 3.05) is 28.4 Å². The molecule has 8 bridgehead atoms. The van der Waals surface area contributed by atoms with Crippen molar-refractivity contribution < 1.29 is 18.9 Å². The average Bonchev–Trinajstić information content (AvgIpc) is 4.29. The van der Waals surface area contributed by atoms with Crippen LogP contribution in [0, 0.1) is 0 Å². The number of fused-ring (bicyclic) bond motifs is 12. The number of rotatable bonds is 8. The lowest BCUT2D eigenvalue weighted by molar-refractivity contribution is 0.394. The van der Waals surface area contributed by atoms with Gasteiger partial charge in [-0.15, -0.1) is 0 Å². The SMILES string of the molecule is COc1cc(OC)cc(-c2c3nc(c(-c4cc(OC)cc(OC)c4)c4ccc([nH]4)c(-c4c5ccccc5cc5ccccc45)c4nc(c(-c5c6ccccc6cc6ccccc56)c5ccc2[nH]5)C=C4)C=C3)c1. The Kier molecular flexibility index (Phi) is 10.2.